The molecule has 150 valence electrons. The number of fused-ring (bicyclic) bond motifs is 1. The molecule has 1 saturated heterocycles. The van der Waals surface area contributed by atoms with Crippen molar-refractivity contribution in [3.8, 4) is 5.69 Å². The molecule has 29 heavy (non-hydrogen) atoms. The highest BCUT2D eigenvalue weighted by Gasteiger charge is 2.18. The van der Waals surface area contributed by atoms with Gasteiger partial charge in [0, 0.05) is 18.2 Å². The number of benzene rings is 2. The van der Waals surface area contributed by atoms with E-state index in [1.165, 1.54) is 16.3 Å². The Kier molecular flexibility index (Phi) is 6.18. The average molecular weight is 430 g/mol. The van der Waals surface area contributed by atoms with Crippen LogP contribution in [0.4, 0.5) is 0 Å². The van der Waals surface area contributed by atoms with Crippen LogP contribution >= 0.6 is 23.4 Å². The van der Waals surface area contributed by atoms with Crippen molar-refractivity contribution in [2.45, 2.75) is 24.1 Å². The maximum Gasteiger partial charge on any atom is 0.266 e. The van der Waals surface area contributed by atoms with Crippen LogP contribution in [0.1, 0.15) is 12.8 Å². The Morgan fingerprint density at radius 2 is 2.14 bits per heavy atom. The maximum absolute atomic E-state index is 13.2. The van der Waals surface area contributed by atoms with Crippen molar-refractivity contribution in [2.75, 3.05) is 18.9 Å². The number of amides is 1. The number of aromatic nitrogens is 2. The van der Waals surface area contributed by atoms with Crippen LogP contribution in [0.15, 0.2) is 58.5 Å². The minimum atomic E-state index is -0.194. The number of para-hydroxylation sites is 1. The first-order chi connectivity index (χ1) is 14.1. The van der Waals surface area contributed by atoms with E-state index >= 15 is 0 Å². The third-order valence-electron chi connectivity index (χ3n) is 4.69. The second kappa shape index (κ2) is 8.98. The van der Waals surface area contributed by atoms with Gasteiger partial charge in [-0.3, -0.25) is 14.2 Å². The molecular formula is C21H20ClN3O3S. The van der Waals surface area contributed by atoms with Gasteiger partial charge in [0.15, 0.2) is 5.16 Å². The summed E-state index contributed by atoms with van der Waals surface area (Å²) in [5.74, 6) is 0.0310. The predicted octanol–water partition coefficient (Wildman–Crippen LogP) is 3.43. The Morgan fingerprint density at radius 3 is 2.93 bits per heavy atom. The summed E-state index contributed by atoms with van der Waals surface area (Å²) in [4.78, 5) is 30.1. The van der Waals surface area contributed by atoms with E-state index < -0.39 is 0 Å². The molecule has 1 N–H and O–H groups in total. The van der Waals surface area contributed by atoms with Crippen molar-refractivity contribution >= 4 is 40.2 Å². The van der Waals surface area contributed by atoms with Gasteiger partial charge in [0.25, 0.3) is 5.56 Å². The number of nitrogens with zero attached hydrogens (tertiary/aromatic N) is 2. The van der Waals surface area contributed by atoms with Gasteiger partial charge < -0.3 is 10.1 Å². The molecule has 1 amide bonds. The molecule has 0 spiro atoms. The van der Waals surface area contributed by atoms with Gasteiger partial charge in [-0.15, -0.1) is 0 Å². The molecule has 0 bridgehead atoms. The smallest absolute Gasteiger partial charge is 0.266 e. The fourth-order valence-electron chi connectivity index (χ4n) is 3.27. The lowest BCUT2D eigenvalue weighted by Crippen LogP contribution is -2.33. The van der Waals surface area contributed by atoms with Crippen LogP contribution in [-0.2, 0) is 9.53 Å². The number of carbonyl (C=O) groups excluding carboxylic acids is 1. The Morgan fingerprint density at radius 1 is 1.28 bits per heavy atom. The first-order valence-corrected chi connectivity index (χ1v) is 10.8. The second-order valence-corrected chi connectivity index (χ2v) is 8.14. The number of nitrogens with one attached hydrogen (secondary N) is 1. The zero-order valence-corrected chi connectivity index (χ0v) is 17.2. The van der Waals surface area contributed by atoms with Crippen molar-refractivity contribution in [1.29, 1.82) is 0 Å². The summed E-state index contributed by atoms with van der Waals surface area (Å²) in [6.07, 6.45) is 2.09. The van der Waals surface area contributed by atoms with E-state index in [-0.39, 0.29) is 23.3 Å². The molecule has 0 unspecified atom stereocenters. The maximum atomic E-state index is 13.2. The highest BCUT2D eigenvalue weighted by Crippen LogP contribution is 2.23. The lowest BCUT2D eigenvalue weighted by Gasteiger charge is -2.14. The average Bonchev–Trinajstić information content (AvgIpc) is 3.24. The number of hydrogen-bond acceptors (Lipinski definition) is 5. The highest BCUT2D eigenvalue weighted by atomic mass is 35.5. The first-order valence-electron chi connectivity index (χ1n) is 9.40. The third-order valence-corrected chi connectivity index (χ3v) is 5.87. The molecule has 1 aliphatic heterocycles. The van der Waals surface area contributed by atoms with E-state index in [1.54, 1.807) is 42.5 Å². The summed E-state index contributed by atoms with van der Waals surface area (Å²) in [7, 11) is 0. The van der Waals surface area contributed by atoms with Crippen LogP contribution in [0.25, 0.3) is 16.6 Å². The zero-order valence-electron chi connectivity index (χ0n) is 15.6. The van der Waals surface area contributed by atoms with Crippen LogP contribution in [0, 0.1) is 0 Å². The molecule has 8 heteroatoms. The van der Waals surface area contributed by atoms with Crippen LogP contribution < -0.4 is 10.9 Å². The standard InChI is InChI=1S/C21H20ClN3O3S/c22-14-5-3-6-15(11-14)25-20(27)17-8-1-2-9-18(17)24-21(25)29-13-19(26)23-12-16-7-4-10-28-16/h1-3,5-6,8-9,11,16H,4,7,10,12-13H2,(H,23,26)/t16-/m1/s1. The van der Waals surface area contributed by atoms with Gasteiger partial charge >= 0.3 is 0 Å². The van der Waals surface area contributed by atoms with Crippen molar-refractivity contribution in [1.82, 2.24) is 14.9 Å². The molecule has 1 atom stereocenters. The summed E-state index contributed by atoms with van der Waals surface area (Å²) in [5.41, 5.74) is 1.01. The normalized spacial score (nSPS) is 16.2. The van der Waals surface area contributed by atoms with Gasteiger partial charge in [-0.1, -0.05) is 41.6 Å². The highest BCUT2D eigenvalue weighted by molar-refractivity contribution is 7.99. The number of rotatable bonds is 6. The van der Waals surface area contributed by atoms with Crippen molar-refractivity contribution in [2.24, 2.45) is 0 Å². The van der Waals surface area contributed by atoms with Gasteiger partial charge in [-0.05, 0) is 43.2 Å². The van der Waals surface area contributed by atoms with Crippen LogP contribution in [0.2, 0.25) is 5.02 Å². The zero-order chi connectivity index (χ0) is 20.2. The summed E-state index contributed by atoms with van der Waals surface area (Å²) in [6, 6.07) is 14.2. The summed E-state index contributed by atoms with van der Waals surface area (Å²) < 4.78 is 7.03. The molecule has 1 fully saturated rings. The SMILES string of the molecule is O=C(CSc1nc2ccccc2c(=O)n1-c1cccc(Cl)c1)NC[C@H]1CCCO1. The van der Waals surface area contributed by atoms with Gasteiger partial charge in [0.05, 0.1) is 28.4 Å². The molecule has 1 aromatic heterocycles. The van der Waals surface area contributed by atoms with Crippen molar-refractivity contribution < 1.29 is 9.53 Å². The lowest BCUT2D eigenvalue weighted by atomic mass is 10.2. The Labute approximate surface area is 177 Å². The van der Waals surface area contributed by atoms with Gasteiger partial charge in [-0.25, -0.2) is 4.98 Å². The number of ether oxygens (including phenoxy) is 1. The number of carbonyl (C=O) groups is 1. The number of thioether (sulfide) groups is 1. The van der Waals surface area contributed by atoms with Gasteiger partial charge in [0.2, 0.25) is 5.91 Å². The Hall–Kier alpha value is -2.35. The van der Waals surface area contributed by atoms with E-state index in [0.29, 0.717) is 33.3 Å². The third kappa shape index (κ3) is 4.63. The van der Waals surface area contributed by atoms with Gasteiger partial charge in [0.1, 0.15) is 0 Å². The monoisotopic (exact) mass is 429 g/mol. The van der Waals surface area contributed by atoms with E-state index in [1.807, 2.05) is 6.07 Å². The summed E-state index contributed by atoms with van der Waals surface area (Å²) in [5, 5.41) is 4.38. The minimum absolute atomic E-state index is 0.0902. The molecular weight excluding hydrogens is 410 g/mol. The van der Waals surface area contributed by atoms with E-state index in [9.17, 15) is 9.59 Å². The largest absolute Gasteiger partial charge is 0.376 e. The van der Waals surface area contributed by atoms with E-state index in [0.717, 1.165) is 19.4 Å². The van der Waals surface area contributed by atoms with Crippen LogP contribution in [0.5, 0.6) is 0 Å². The molecule has 2 heterocycles. The first kappa shape index (κ1) is 19.9. The molecule has 3 aromatic rings. The van der Waals surface area contributed by atoms with Crippen molar-refractivity contribution in [3.05, 3.63) is 63.9 Å². The summed E-state index contributed by atoms with van der Waals surface area (Å²) in [6.45, 7) is 1.26. The minimum Gasteiger partial charge on any atom is -0.376 e. The lowest BCUT2D eigenvalue weighted by molar-refractivity contribution is -0.119. The topological polar surface area (TPSA) is 73.2 Å². The molecule has 1 aliphatic rings. The van der Waals surface area contributed by atoms with Crippen LogP contribution in [-0.4, -0.2) is 40.5 Å². The molecule has 6 nitrogen and oxygen atoms in total. The molecule has 2 aromatic carbocycles. The fourth-order valence-corrected chi connectivity index (χ4v) is 4.29. The quantitative estimate of drug-likeness (QED) is 0.480. The second-order valence-electron chi connectivity index (χ2n) is 6.76. The molecule has 0 radical (unpaired) electrons. The Bertz CT molecular complexity index is 1100. The summed E-state index contributed by atoms with van der Waals surface area (Å²) >= 11 is 7.35. The fraction of sp³-hybridized carbons (Fsp3) is 0.286. The van der Waals surface area contributed by atoms with E-state index in [4.69, 9.17) is 16.3 Å². The Balaban J connectivity index is 1.61. The van der Waals surface area contributed by atoms with Crippen LogP contribution in [0.3, 0.4) is 0 Å². The molecule has 0 saturated carbocycles. The van der Waals surface area contributed by atoms with E-state index in [2.05, 4.69) is 10.3 Å². The number of halogens is 1. The molecule has 4 rings (SSSR count). The van der Waals surface area contributed by atoms with Crippen molar-refractivity contribution in [3.63, 3.8) is 0 Å². The number of hydrogen-bond donors (Lipinski definition) is 1. The molecule has 0 aliphatic carbocycles. The predicted molar refractivity (Wildman–Crippen MR) is 115 cm³/mol. The van der Waals surface area contributed by atoms with Gasteiger partial charge in [-0.2, -0.15) is 0 Å².